The van der Waals surface area contributed by atoms with Gasteiger partial charge in [-0.05, 0) is 69.6 Å². The Balaban J connectivity index is 1.91. The smallest absolute Gasteiger partial charge is 0.419 e. The molecule has 0 fully saturated rings. The van der Waals surface area contributed by atoms with Crippen molar-refractivity contribution in [2.24, 2.45) is 4.99 Å². The van der Waals surface area contributed by atoms with Gasteiger partial charge in [0.05, 0.1) is 40.9 Å². The van der Waals surface area contributed by atoms with Crippen LogP contribution in [0.3, 0.4) is 0 Å². The van der Waals surface area contributed by atoms with Crippen LogP contribution in [0.25, 0.3) is 21.9 Å². The van der Waals surface area contributed by atoms with Crippen LogP contribution < -0.4 is 4.74 Å². The van der Waals surface area contributed by atoms with Crippen molar-refractivity contribution < 1.29 is 19.0 Å². The summed E-state index contributed by atoms with van der Waals surface area (Å²) < 4.78 is 21.2. The minimum Gasteiger partial charge on any atom is -0.496 e. The van der Waals surface area contributed by atoms with Crippen LogP contribution >= 0.6 is 0 Å². The van der Waals surface area contributed by atoms with Gasteiger partial charge in [-0.25, -0.2) is 9.78 Å². The zero-order valence-electron chi connectivity index (χ0n) is 25.5. The molecule has 0 amide bonds. The number of methoxy groups -OCH3 is 1. The van der Waals surface area contributed by atoms with E-state index >= 15 is 0 Å². The lowest BCUT2D eigenvalue weighted by Crippen LogP contribution is -2.27. The molecule has 2 heterocycles. The van der Waals surface area contributed by atoms with Crippen molar-refractivity contribution in [3.8, 4) is 11.8 Å². The van der Waals surface area contributed by atoms with Crippen molar-refractivity contribution in [1.82, 2.24) is 14.1 Å². The van der Waals surface area contributed by atoms with E-state index in [1.807, 2.05) is 50.5 Å². The Morgan fingerprint density at radius 2 is 1.90 bits per heavy atom. The number of aryl methyl sites for hydroxylation is 1. The van der Waals surface area contributed by atoms with Crippen molar-refractivity contribution in [2.45, 2.75) is 65.7 Å². The van der Waals surface area contributed by atoms with E-state index in [1.165, 1.54) is 4.57 Å². The first-order chi connectivity index (χ1) is 19.3. The quantitative estimate of drug-likeness (QED) is 0.131. The molecule has 4 aromatic rings. The Morgan fingerprint density at radius 1 is 1.17 bits per heavy atom. The average Bonchev–Trinajstić information content (AvgIpc) is 3.49. The molecular formula is C31H39N5O4Si. The third-order valence-electron chi connectivity index (χ3n) is 6.70. The highest BCUT2D eigenvalue weighted by molar-refractivity contribution is 6.76. The molecule has 0 radical (unpaired) electrons. The highest BCUT2D eigenvalue weighted by Gasteiger charge is 2.27. The molecule has 216 valence electrons. The monoisotopic (exact) mass is 573 g/mol. The van der Waals surface area contributed by atoms with E-state index in [0.29, 0.717) is 46.1 Å². The second-order valence-corrected chi connectivity index (χ2v) is 17.9. The number of benzene rings is 2. The molecule has 0 spiro atoms. The molecule has 0 unspecified atom stereocenters. The van der Waals surface area contributed by atoms with E-state index in [9.17, 15) is 10.1 Å². The third-order valence-corrected chi connectivity index (χ3v) is 8.40. The van der Waals surface area contributed by atoms with Gasteiger partial charge in [0.25, 0.3) is 0 Å². The minimum atomic E-state index is -1.28. The molecule has 0 aliphatic heterocycles. The van der Waals surface area contributed by atoms with Gasteiger partial charge in [0.2, 0.25) is 0 Å². The highest BCUT2D eigenvalue weighted by Crippen LogP contribution is 2.35. The molecule has 0 saturated carbocycles. The summed E-state index contributed by atoms with van der Waals surface area (Å²) in [5.74, 6) is 1.19. The summed E-state index contributed by atoms with van der Waals surface area (Å²) in [6, 6.07) is 12.4. The second kappa shape index (κ2) is 11.5. The first-order valence-electron chi connectivity index (χ1n) is 13.7. The summed E-state index contributed by atoms with van der Waals surface area (Å²) in [5.41, 5.74) is 4.23. The van der Waals surface area contributed by atoms with E-state index in [2.05, 4.69) is 25.7 Å². The summed E-state index contributed by atoms with van der Waals surface area (Å²) in [4.78, 5) is 22.8. The van der Waals surface area contributed by atoms with E-state index in [4.69, 9.17) is 24.2 Å². The summed E-state index contributed by atoms with van der Waals surface area (Å²) >= 11 is 0. The average molecular weight is 574 g/mol. The first-order valence-corrected chi connectivity index (χ1v) is 17.4. The number of hydrogen-bond donors (Lipinski definition) is 0. The lowest BCUT2D eigenvalue weighted by atomic mass is 10.00. The summed E-state index contributed by atoms with van der Waals surface area (Å²) in [5, 5.41) is 10.3. The van der Waals surface area contributed by atoms with Crippen LogP contribution in [0.1, 0.15) is 43.3 Å². The number of aliphatic imine (C=N–C) groups is 1. The number of rotatable bonds is 8. The van der Waals surface area contributed by atoms with Gasteiger partial charge in [-0.15, -0.1) is 0 Å². The standard InChI is InChI=1S/C31H39N5O4Si/c1-20-16-25(38-6)26(22-12-13-35(28(20)22)30(37)40-31(2,3)4)27(33-5)29-34-23-17-21(18-32)10-11-24(23)36(29)19-39-14-15-41(7,8)9/h10-13,16-17H,14-15,19H2,1-9H3/b33-27+. The van der Waals surface area contributed by atoms with Crippen molar-refractivity contribution in [1.29, 1.82) is 5.26 Å². The molecule has 4 rings (SSSR count). The second-order valence-electron chi connectivity index (χ2n) is 12.3. The normalized spacial score (nSPS) is 12.6. The van der Waals surface area contributed by atoms with E-state index in [1.54, 1.807) is 32.5 Å². The Hall–Kier alpha value is -3.94. The van der Waals surface area contributed by atoms with Crippen LogP contribution in [0.15, 0.2) is 41.5 Å². The zero-order valence-corrected chi connectivity index (χ0v) is 26.5. The van der Waals surface area contributed by atoms with E-state index < -0.39 is 19.8 Å². The van der Waals surface area contributed by atoms with Crippen LogP contribution in [-0.4, -0.2) is 60.4 Å². The Kier molecular flexibility index (Phi) is 8.43. The predicted molar refractivity (Wildman–Crippen MR) is 165 cm³/mol. The minimum absolute atomic E-state index is 0.275. The fourth-order valence-corrected chi connectivity index (χ4v) is 5.50. The number of aromatic nitrogens is 3. The van der Waals surface area contributed by atoms with Crippen LogP contribution in [0.2, 0.25) is 25.7 Å². The molecule has 9 nitrogen and oxygen atoms in total. The molecule has 0 bridgehead atoms. The lowest BCUT2D eigenvalue weighted by molar-refractivity contribution is 0.0544. The number of hydrogen-bond acceptors (Lipinski definition) is 7. The molecule has 0 atom stereocenters. The van der Waals surface area contributed by atoms with Crippen molar-refractivity contribution in [3.63, 3.8) is 0 Å². The number of nitrogens with zero attached hydrogens (tertiary/aromatic N) is 5. The number of carbonyl (C=O) groups excluding carboxylic acids is 1. The number of carbonyl (C=O) groups is 1. The maximum absolute atomic E-state index is 13.1. The van der Waals surface area contributed by atoms with Crippen molar-refractivity contribution in [3.05, 3.63) is 59.0 Å². The Bertz CT molecular complexity index is 1680. The van der Waals surface area contributed by atoms with Gasteiger partial charge >= 0.3 is 6.09 Å². The van der Waals surface area contributed by atoms with E-state index in [0.717, 1.165) is 22.5 Å². The lowest BCUT2D eigenvalue weighted by Gasteiger charge is -2.21. The zero-order chi connectivity index (χ0) is 30.1. The highest BCUT2D eigenvalue weighted by atomic mass is 28.3. The molecule has 0 N–H and O–H groups in total. The molecule has 0 saturated heterocycles. The topological polar surface area (TPSA) is 104 Å². The molecule has 0 aliphatic carbocycles. The van der Waals surface area contributed by atoms with Crippen LogP contribution in [0.4, 0.5) is 4.79 Å². The maximum atomic E-state index is 13.1. The van der Waals surface area contributed by atoms with Gasteiger partial charge in [-0.2, -0.15) is 5.26 Å². The van der Waals surface area contributed by atoms with Gasteiger partial charge < -0.3 is 14.2 Å². The Morgan fingerprint density at radius 3 is 2.51 bits per heavy atom. The molecule has 10 heteroatoms. The van der Waals surface area contributed by atoms with Crippen molar-refractivity contribution in [2.75, 3.05) is 20.8 Å². The van der Waals surface area contributed by atoms with Gasteiger partial charge in [-0.3, -0.25) is 14.1 Å². The van der Waals surface area contributed by atoms with Gasteiger partial charge in [-0.1, -0.05) is 19.6 Å². The summed E-state index contributed by atoms with van der Waals surface area (Å²) in [6.07, 6.45) is 1.25. The number of nitriles is 1. The van der Waals surface area contributed by atoms with Crippen LogP contribution in [0, 0.1) is 18.3 Å². The third kappa shape index (κ3) is 6.37. The number of imidazole rings is 1. The summed E-state index contributed by atoms with van der Waals surface area (Å²) in [6.45, 7) is 15.3. The maximum Gasteiger partial charge on any atom is 0.419 e. The number of ether oxygens (including phenoxy) is 3. The van der Waals surface area contributed by atoms with Crippen molar-refractivity contribution >= 4 is 41.8 Å². The van der Waals surface area contributed by atoms with E-state index in [-0.39, 0.29) is 6.73 Å². The van der Waals surface area contributed by atoms with Crippen LogP contribution in [-0.2, 0) is 16.2 Å². The first kappa shape index (κ1) is 30.0. The predicted octanol–water partition coefficient (Wildman–Crippen LogP) is 6.74. The Labute approximate surface area is 242 Å². The largest absolute Gasteiger partial charge is 0.496 e. The molecule has 41 heavy (non-hydrogen) atoms. The molecule has 0 aliphatic rings. The van der Waals surface area contributed by atoms with Gasteiger partial charge in [0, 0.05) is 33.3 Å². The van der Waals surface area contributed by atoms with Crippen LogP contribution in [0.5, 0.6) is 5.75 Å². The fraction of sp³-hybridized carbons (Fsp3) is 0.419. The molecule has 2 aromatic carbocycles. The number of fused-ring (bicyclic) bond motifs is 2. The molecule has 2 aromatic heterocycles. The summed E-state index contributed by atoms with van der Waals surface area (Å²) in [7, 11) is 2.05. The van der Waals surface area contributed by atoms with Gasteiger partial charge in [0.1, 0.15) is 23.8 Å². The fourth-order valence-electron chi connectivity index (χ4n) is 4.74. The molecular weight excluding hydrogens is 534 g/mol. The van der Waals surface area contributed by atoms with Gasteiger partial charge in [0.15, 0.2) is 5.82 Å². The SMILES string of the molecule is C/N=C(\c1c(OC)cc(C)c2c1ccn2C(=O)OC(C)(C)C)c1nc2cc(C#N)ccc2n1COCC[Si](C)(C)C.